The summed E-state index contributed by atoms with van der Waals surface area (Å²) in [7, 11) is 0. The van der Waals surface area contributed by atoms with Gasteiger partial charge in [-0.15, -0.1) is 0 Å². The number of carbonyl (C=O) groups excluding carboxylic acids is 1. The van der Waals surface area contributed by atoms with Crippen LogP contribution in [-0.4, -0.2) is 32.4 Å². The second-order valence-corrected chi connectivity index (χ2v) is 2.46. The van der Waals surface area contributed by atoms with E-state index in [1.165, 1.54) is 6.26 Å². The molecule has 0 amide bonds. The third kappa shape index (κ3) is 5.59. The molecule has 0 aromatic carbocycles. The molecule has 0 bridgehead atoms. The van der Waals surface area contributed by atoms with Gasteiger partial charge in [-0.05, 0) is 20.8 Å². The van der Waals surface area contributed by atoms with E-state index in [1.807, 2.05) is 13.8 Å². The molecule has 0 rings (SSSR count). The van der Waals surface area contributed by atoms with Crippen LogP contribution in [0.4, 0.5) is 0 Å². The first-order valence-corrected chi connectivity index (χ1v) is 4.81. The molecule has 0 aliphatic rings. The van der Waals surface area contributed by atoms with E-state index in [0.717, 1.165) is 0 Å². The second kappa shape index (κ2) is 8.56. The molecule has 0 aromatic heterocycles. The first-order chi connectivity index (χ1) is 6.76. The molecule has 0 aliphatic carbocycles. The SMILES string of the molecule is CCO/C=C(\COCC)C(=O)OCC. The van der Waals surface area contributed by atoms with E-state index in [4.69, 9.17) is 14.2 Å². The van der Waals surface area contributed by atoms with Gasteiger partial charge in [0.2, 0.25) is 0 Å². The van der Waals surface area contributed by atoms with Crippen molar-refractivity contribution in [2.75, 3.05) is 26.4 Å². The molecule has 0 unspecified atom stereocenters. The summed E-state index contributed by atoms with van der Waals surface area (Å²) in [6.45, 7) is 7.14. The molecule has 0 heterocycles. The van der Waals surface area contributed by atoms with Gasteiger partial charge in [0.25, 0.3) is 0 Å². The van der Waals surface area contributed by atoms with E-state index < -0.39 is 0 Å². The number of rotatable bonds is 7. The zero-order valence-electron chi connectivity index (χ0n) is 9.04. The number of hydrogen-bond acceptors (Lipinski definition) is 4. The highest BCUT2D eigenvalue weighted by atomic mass is 16.5. The number of carbonyl (C=O) groups is 1. The van der Waals surface area contributed by atoms with E-state index in [0.29, 0.717) is 25.4 Å². The van der Waals surface area contributed by atoms with Crippen molar-refractivity contribution in [2.24, 2.45) is 0 Å². The first kappa shape index (κ1) is 13.0. The Hall–Kier alpha value is -1.03. The van der Waals surface area contributed by atoms with Crippen LogP contribution in [0.1, 0.15) is 20.8 Å². The van der Waals surface area contributed by atoms with Crippen LogP contribution in [0.3, 0.4) is 0 Å². The van der Waals surface area contributed by atoms with Crippen molar-refractivity contribution >= 4 is 5.97 Å². The van der Waals surface area contributed by atoms with Crippen molar-refractivity contribution in [2.45, 2.75) is 20.8 Å². The van der Waals surface area contributed by atoms with Crippen LogP contribution in [0.15, 0.2) is 11.8 Å². The zero-order chi connectivity index (χ0) is 10.8. The largest absolute Gasteiger partial charge is 0.501 e. The van der Waals surface area contributed by atoms with Crippen molar-refractivity contribution < 1.29 is 19.0 Å². The highest BCUT2D eigenvalue weighted by Gasteiger charge is 2.10. The molecule has 0 radical (unpaired) electrons. The van der Waals surface area contributed by atoms with Gasteiger partial charge in [0.15, 0.2) is 0 Å². The zero-order valence-corrected chi connectivity index (χ0v) is 9.04. The van der Waals surface area contributed by atoms with Crippen LogP contribution in [0.5, 0.6) is 0 Å². The summed E-state index contributed by atoms with van der Waals surface area (Å²) in [5, 5.41) is 0. The molecule has 0 spiro atoms. The van der Waals surface area contributed by atoms with Gasteiger partial charge in [0, 0.05) is 6.61 Å². The molecule has 0 fully saturated rings. The average Bonchev–Trinajstić information content (AvgIpc) is 2.18. The minimum Gasteiger partial charge on any atom is -0.501 e. The van der Waals surface area contributed by atoms with Crippen molar-refractivity contribution in [1.29, 1.82) is 0 Å². The predicted octanol–water partition coefficient (Wildman–Crippen LogP) is 1.51. The van der Waals surface area contributed by atoms with Crippen LogP contribution < -0.4 is 0 Å². The quantitative estimate of drug-likeness (QED) is 0.356. The lowest BCUT2D eigenvalue weighted by Crippen LogP contribution is -2.13. The van der Waals surface area contributed by atoms with Gasteiger partial charge in [0.1, 0.15) is 0 Å². The van der Waals surface area contributed by atoms with Crippen molar-refractivity contribution in [3.63, 3.8) is 0 Å². The Balaban J connectivity index is 4.15. The minimum absolute atomic E-state index is 0.231. The molecule has 4 heteroatoms. The maximum atomic E-state index is 11.3. The van der Waals surface area contributed by atoms with Crippen LogP contribution >= 0.6 is 0 Å². The fourth-order valence-electron chi connectivity index (χ4n) is 0.761. The number of ether oxygens (including phenoxy) is 3. The molecule has 0 aliphatic heterocycles. The van der Waals surface area contributed by atoms with Gasteiger partial charge in [0.05, 0.1) is 31.7 Å². The lowest BCUT2D eigenvalue weighted by Gasteiger charge is -2.06. The summed E-state index contributed by atoms with van der Waals surface area (Å²) < 4.78 is 15.0. The monoisotopic (exact) mass is 202 g/mol. The molecule has 0 aromatic rings. The number of hydrogen-bond donors (Lipinski definition) is 0. The van der Waals surface area contributed by atoms with Crippen LogP contribution in [0.25, 0.3) is 0 Å². The van der Waals surface area contributed by atoms with E-state index in [2.05, 4.69) is 0 Å². The Kier molecular flexibility index (Phi) is 7.93. The van der Waals surface area contributed by atoms with E-state index >= 15 is 0 Å². The lowest BCUT2D eigenvalue weighted by atomic mass is 10.3. The first-order valence-electron chi connectivity index (χ1n) is 4.81. The van der Waals surface area contributed by atoms with E-state index in [9.17, 15) is 4.79 Å². The summed E-state index contributed by atoms with van der Waals surface area (Å²) in [6.07, 6.45) is 1.40. The van der Waals surface area contributed by atoms with Crippen molar-refractivity contribution in [1.82, 2.24) is 0 Å². The van der Waals surface area contributed by atoms with Gasteiger partial charge < -0.3 is 14.2 Å². The fraction of sp³-hybridized carbons (Fsp3) is 0.700. The number of esters is 1. The molecule has 14 heavy (non-hydrogen) atoms. The second-order valence-electron chi connectivity index (χ2n) is 2.46. The summed E-state index contributed by atoms with van der Waals surface area (Å²) in [4.78, 5) is 11.3. The molecule has 4 nitrogen and oxygen atoms in total. The molecule has 0 atom stereocenters. The van der Waals surface area contributed by atoms with Gasteiger partial charge >= 0.3 is 5.97 Å². The Labute approximate surface area is 84.8 Å². The standard InChI is InChI=1S/C10H18O4/c1-4-12-7-9(8-13-5-2)10(11)14-6-3/h7H,4-6,8H2,1-3H3/b9-7+. The average molecular weight is 202 g/mol. The van der Waals surface area contributed by atoms with Gasteiger partial charge in [-0.3, -0.25) is 0 Å². The maximum Gasteiger partial charge on any atom is 0.339 e. The maximum absolute atomic E-state index is 11.3. The Morgan fingerprint density at radius 2 is 1.86 bits per heavy atom. The Bertz CT molecular complexity index is 187. The smallest absolute Gasteiger partial charge is 0.339 e. The fourth-order valence-corrected chi connectivity index (χ4v) is 0.761. The van der Waals surface area contributed by atoms with Crippen molar-refractivity contribution in [3.05, 3.63) is 11.8 Å². The Morgan fingerprint density at radius 1 is 1.14 bits per heavy atom. The van der Waals surface area contributed by atoms with Gasteiger partial charge in [-0.2, -0.15) is 0 Å². The summed E-state index contributed by atoms with van der Waals surface area (Å²) >= 11 is 0. The summed E-state index contributed by atoms with van der Waals surface area (Å²) in [5.41, 5.74) is 0.413. The normalized spacial score (nSPS) is 11.2. The van der Waals surface area contributed by atoms with E-state index in [1.54, 1.807) is 6.92 Å². The topological polar surface area (TPSA) is 44.8 Å². The molecule has 82 valence electrons. The minimum atomic E-state index is -0.380. The molecule has 0 saturated heterocycles. The molecular weight excluding hydrogens is 184 g/mol. The Morgan fingerprint density at radius 3 is 2.36 bits per heavy atom. The van der Waals surface area contributed by atoms with Crippen LogP contribution in [0, 0.1) is 0 Å². The van der Waals surface area contributed by atoms with E-state index in [-0.39, 0.29) is 12.6 Å². The predicted molar refractivity (Wildman–Crippen MR) is 52.8 cm³/mol. The molecular formula is C10H18O4. The highest BCUT2D eigenvalue weighted by molar-refractivity contribution is 5.88. The lowest BCUT2D eigenvalue weighted by molar-refractivity contribution is -0.139. The molecule has 0 N–H and O–H groups in total. The van der Waals surface area contributed by atoms with Gasteiger partial charge in [-0.1, -0.05) is 0 Å². The summed E-state index contributed by atoms with van der Waals surface area (Å²) in [5.74, 6) is -0.380. The highest BCUT2D eigenvalue weighted by Crippen LogP contribution is 2.00. The van der Waals surface area contributed by atoms with Crippen molar-refractivity contribution in [3.8, 4) is 0 Å². The van der Waals surface area contributed by atoms with Crippen LogP contribution in [-0.2, 0) is 19.0 Å². The van der Waals surface area contributed by atoms with Crippen LogP contribution in [0.2, 0.25) is 0 Å². The third-order valence-corrected chi connectivity index (χ3v) is 1.39. The molecule has 0 saturated carbocycles. The summed E-state index contributed by atoms with van der Waals surface area (Å²) in [6, 6.07) is 0. The third-order valence-electron chi connectivity index (χ3n) is 1.39. The van der Waals surface area contributed by atoms with Gasteiger partial charge in [-0.25, -0.2) is 4.79 Å².